The Morgan fingerprint density at radius 3 is 2.62 bits per heavy atom. The third kappa shape index (κ3) is 1.94. The lowest BCUT2D eigenvalue weighted by atomic mass is 9.82. The standard InChI is InChI=1S/C14H21NO/c1-9-7-10-12(15)5-6-16-13(10)11(8-9)14(2,3)4/h7-8,12H,5-6,15H2,1-4H3/t12-/m1/s1. The maximum atomic E-state index is 6.15. The molecule has 0 saturated heterocycles. The molecule has 0 radical (unpaired) electrons. The first-order valence-corrected chi connectivity index (χ1v) is 5.93. The highest BCUT2D eigenvalue weighted by Crippen LogP contribution is 2.40. The van der Waals surface area contributed by atoms with E-state index in [-0.39, 0.29) is 11.5 Å². The molecular weight excluding hydrogens is 198 g/mol. The van der Waals surface area contributed by atoms with Gasteiger partial charge >= 0.3 is 0 Å². The van der Waals surface area contributed by atoms with E-state index in [1.165, 1.54) is 16.7 Å². The maximum absolute atomic E-state index is 6.15. The Hall–Kier alpha value is -1.02. The first-order valence-electron chi connectivity index (χ1n) is 5.93. The van der Waals surface area contributed by atoms with Crippen LogP contribution in [0.25, 0.3) is 0 Å². The van der Waals surface area contributed by atoms with E-state index in [4.69, 9.17) is 10.5 Å². The Balaban J connectivity index is 2.62. The number of ether oxygens (including phenoxy) is 1. The van der Waals surface area contributed by atoms with Gasteiger partial charge in [-0.1, -0.05) is 38.5 Å². The molecule has 0 saturated carbocycles. The molecule has 2 nitrogen and oxygen atoms in total. The van der Waals surface area contributed by atoms with Gasteiger partial charge in [0.15, 0.2) is 0 Å². The molecule has 0 amide bonds. The summed E-state index contributed by atoms with van der Waals surface area (Å²) in [5, 5.41) is 0. The van der Waals surface area contributed by atoms with Crippen LogP contribution in [-0.4, -0.2) is 6.61 Å². The summed E-state index contributed by atoms with van der Waals surface area (Å²) in [7, 11) is 0. The second kappa shape index (κ2) is 3.77. The van der Waals surface area contributed by atoms with Gasteiger partial charge in [-0.05, 0) is 12.3 Å². The van der Waals surface area contributed by atoms with Crippen LogP contribution >= 0.6 is 0 Å². The van der Waals surface area contributed by atoms with Crippen LogP contribution < -0.4 is 10.5 Å². The minimum atomic E-state index is 0.104. The third-order valence-corrected chi connectivity index (χ3v) is 3.14. The maximum Gasteiger partial charge on any atom is 0.127 e. The van der Waals surface area contributed by atoms with Crippen molar-refractivity contribution in [2.24, 2.45) is 5.73 Å². The number of benzene rings is 1. The van der Waals surface area contributed by atoms with Crippen LogP contribution in [0.2, 0.25) is 0 Å². The fourth-order valence-corrected chi connectivity index (χ4v) is 2.24. The van der Waals surface area contributed by atoms with E-state index in [0.29, 0.717) is 0 Å². The molecule has 2 heteroatoms. The minimum absolute atomic E-state index is 0.104. The molecule has 1 aromatic rings. The van der Waals surface area contributed by atoms with Gasteiger partial charge in [0.05, 0.1) is 6.61 Å². The minimum Gasteiger partial charge on any atom is -0.493 e. The quantitative estimate of drug-likeness (QED) is 0.727. The zero-order chi connectivity index (χ0) is 11.9. The van der Waals surface area contributed by atoms with E-state index < -0.39 is 0 Å². The number of nitrogens with two attached hydrogens (primary N) is 1. The number of fused-ring (bicyclic) bond motifs is 1. The highest BCUT2D eigenvalue weighted by atomic mass is 16.5. The summed E-state index contributed by atoms with van der Waals surface area (Å²) in [5.41, 5.74) is 9.97. The number of hydrogen-bond acceptors (Lipinski definition) is 2. The van der Waals surface area contributed by atoms with Crippen molar-refractivity contribution in [2.75, 3.05) is 6.61 Å². The summed E-state index contributed by atoms with van der Waals surface area (Å²) >= 11 is 0. The molecule has 0 aromatic heterocycles. The highest BCUT2D eigenvalue weighted by molar-refractivity contribution is 5.50. The van der Waals surface area contributed by atoms with Gasteiger partial charge in [-0.3, -0.25) is 0 Å². The van der Waals surface area contributed by atoms with Crippen molar-refractivity contribution in [2.45, 2.75) is 45.6 Å². The molecular formula is C14H21NO. The molecule has 0 unspecified atom stereocenters. The highest BCUT2D eigenvalue weighted by Gasteiger charge is 2.26. The molecule has 16 heavy (non-hydrogen) atoms. The van der Waals surface area contributed by atoms with Crippen LogP contribution in [0.3, 0.4) is 0 Å². The van der Waals surface area contributed by atoms with Crippen LogP contribution in [-0.2, 0) is 5.41 Å². The van der Waals surface area contributed by atoms with E-state index >= 15 is 0 Å². The number of aryl methyl sites for hydroxylation is 1. The van der Waals surface area contributed by atoms with Crippen LogP contribution in [0.15, 0.2) is 12.1 Å². The van der Waals surface area contributed by atoms with Gasteiger partial charge < -0.3 is 10.5 Å². The van der Waals surface area contributed by atoms with Gasteiger partial charge in [-0.15, -0.1) is 0 Å². The molecule has 2 rings (SSSR count). The average molecular weight is 219 g/mol. The Labute approximate surface area is 97.8 Å². The van der Waals surface area contributed by atoms with E-state index in [2.05, 4.69) is 39.8 Å². The van der Waals surface area contributed by atoms with Gasteiger partial charge in [-0.25, -0.2) is 0 Å². The van der Waals surface area contributed by atoms with Crippen molar-refractivity contribution in [1.29, 1.82) is 0 Å². The second-order valence-corrected chi connectivity index (χ2v) is 5.72. The fourth-order valence-electron chi connectivity index (χ4n) is 2.24. The zero-order valence-corrected chi connectivity index (χ0v) is 10.6. The Kier molecular flexibility index (Phi) is 2.70. The molecule has 1 aliphatic rings. The summed E-state index contributed by atoms with van der Waals surface area (Å²) in [6, 6.07) is 4.51. The van der Waals surface area contributed by atoms with E-state index in [0.717, 1.165) is 18.8 Å². The van der Waals surface area contributed by atoms with E-state index in [1.54, 1.807) is 0 Å². The van der Waals surface area contributed by atoms with Gasteiger partial charge in [0.25, 0.3) is 0 Å². The normalized spacial score (nSPS) is 20.2. The van der Waals surface area contributed by atoms with Gasteiger partial charge in [0, 0.05) is 23.6 Å². The molecule has 0 aliphatic carbocycles. The molecule has 1 heterocycles. The monoisotopic (exact) mass is 219 g/mol. The van der Waals surface area contributed by atoms with Gasteiger partial charge in [-0.2, -0.15) is 0 Å². The molecule has 88 valence electrons. The van der Waals surface area contributed by atoms with Crippen LogP contribution in [0.5, 0.6) is 5.75 Å². The number of rotatable bonds is 0. The fraction of sp³-hybridized carbons (Fsp3) is 0.571. The van der Waals surface area contributed by atoms with Crippen molar-refractivity contribution in [3.05, 3.63) is 28.8 Å². The lowest BCUT2D eigenvalue weighted by molar-refractivity contribution is 0.261. The lowest BCUT2D eigenvalue weighted by Crippen LogP contribution is -2.24. The molecule has 0 fully saturated rings. The summed E-state index contributed by atoms with van der Waals surface area (Å²) in [5.74, 6) is 1.02. The van der Waals surface area contributed by atoms with E-state index in [9.17, 15) is 0 Å². The van der Waals surface area contributed by atoms with Crippen molar-refractivity contribution >= 4 is 0 Å². The van der Waals surface area contributed by atoms with Gasteiger partial charge in [0.2, 0.25) is 0 Å². The molecule has 0 bridgehead atoms. The average Bonchev–Trinajstić information content (AvgIpc) is 2.17. The van der Waals surface area contributed by atoms with Gasteiger partial charge in [0.1, 0.15) is 5.75 Å². The summed E-state index contributed by atoms with van der Waals surface area (Å²) in [4.78, 5) is 0. The molecule has 1 aliphatic heterocycles. The predicted molar refractivity (Wildman–Crippen MR) is 66.9 cm³/mol. The second-order valence-electron chi connectivity index (χ2n) is 5.72. The predicted octanol–water partition coefficient (Wildman–Crippen LogP) is 3.07. The molecule has 1 atom stereocenters. The Morgan fingerprint density at radius 2 is 2.00 bits per heavy atom. The lowest BCUT2D eigenvalue weighted by Gasteiger charge is -2.30. The first kappa shape index (κ1) is 11.5. The third-order valence-electron chi connectivity index (χ3n) is 3.14. The SMILES string of the molecule is Cc1cc2c(c(C(C)(C)C)c1)OCC[C@H]2N. The van der Waals surface area contributed by atoms with Crippen LogP contribution in [0, 0.1) is 6.92 Å². The molecule has 0 spiro atoms. The topological polar surface area (TPSA) is 35.2 Å². The van der Waals surface area contributed by atoms with Crippen molar-refractivity contribution in [3.8, 4) is 5.75 Å². The summed E-state index contributed by atoms with van der Waals surface area (Å²) < 4.78 is 5.83. The first-order chi connectivity index (χ1) is 7.39. The van der Waals surface area contributed by atoms with Crippen molar-refractivity contribution in [1.82, 2.24) is 0 Å². The number of hydrogen-bond donors (Lipinski definition) is 1. The Bertz CT molecular complexity index is 404. The smallest absolute Gasteiger partial charge is 0.127 e. The largest absolute Gasteiger partial charge is 0.493 e. The van der Waals surface area contributed by atoms with Crippen molar-refractivity contribution in [3.63, 3.8) is 0 Å². The molecule has 2 N–H and O–H groups in total. The summed E-state index contributed by atoms with van der Waals surface area (Å²) in [6.07, 6.45) is 0.917. The zero-order valence-electron chi connectivity index (χ0n) is 10.6. The molecule has 1 aromatic carbocycles. The summed E-state index contributed by atoms with van der Waals surface area (Å²) in [6.45, 7) is 9.50. The van der Waals surface area contributed by atoms with Crippen LogP contribution in [0.4, 0.5) is 0 Å². The van der Waals surface area contributed by atoms with E-state index in [1.807, 2.05) is 0 Å². The Morgan fingerprint density at radius 1 is 1.31 bits per heavy atom. The van der Waals surface area contributed by atoms with Crippen molar-refractivity contribution < 1.29 is 4.74 Å². The van der Waals surface area contributed by atoms with Crippen LogP contribution in [0.1, 0.15) is 49.9 Å².